The molecule has 1 fully saturated rings. The third-order valence-electron chi connectivity index (χ3n) is 2.86. The van der Waals surface area contributed by atoms with Crippen LogP contribution in [0.5, 0.6) is 5.75 Å². The van der Waals surface area contributed by atoms with E-state index < -0.39 is 17.5 Å². The lowest BCUT2D eigenvalue weighted by Gasteiger charge is -2.25. The number of halogens is 3. The molecule has 1 aliphatic heterocycles. The first-order chi connectivity index (χ1) is 8.37. The zero-order valence-corrected chi connectivity index (χ0v) is 10.0. The van der Waals surface area contributed by atoms with Gasteiger partial charge in [-0.25, -0.2) is 0 Å². The first-order valence-electron chi connectivity index (χ1n) is 5.40. The fraction of sp³-hybridized carbons (Fsp3) is 0.500. The lowest BCUT2D eigenvalue weighted by molar-refractivity contribution is -0.151. The van der Waals surface area contributed by atoms with Crippen LogP contribution in [0.4, 0.5) is 13.2 Å². The van der Waals surface area contributed by atoms with E-state index in [4.69, 9.17) is 14.2 Å². The molecular formula is C12H13F3O3. The number of benzene rings is 1. The van der Waals surface area contributed by atoms with E-state index in [0.717, 1.165) is 12.1 Å². The topological polar surface area (TPSA) is 27.7 Å². The van der Waals surface area contributed by atoms with Gasteiger partial charge in [-0.05, 0) is 25.1 Å². The van der Waals surface area contributed by atoms with Crippen LogP contribution in [0.15, 0.2) is 18.2 Å². The summed E-state index contributed by atoms with van der Waals surface area (Å²) in [6.07, 6.45) is -4.40. The van der Waals surface area contributed by atoms with Gasteiger partial charge in [0.25, 0.3) is 0 Å². The van der Waals surface area contributed by atoms with Gasteiger partial charge in [0.15, 0.2) is 5.79 Å². The fourth-order valence-corrected chi connectivity index (χ4v) is 1.91. The van der Waals surface area contributed by atoms with E-state index in [1.807, 2.05) is 0 Å². The highest BCUT2D eigenvalue weighted by Crippen LogP contribution is 2.40. The number of hydrogen-bond donors (Lipinski definition) is 0. The summed E-state index contributed by atoms with van der Waals surface area (Å²) in [7, 11) is 1.32. The molecule has 0 unspecified atom stereocenters. The van der Waals surface area contributed by atoms with Gasteiger partial charge < -0.3 is 14.2 Å². The molecule has 0 saturated carbocycles. The van der Waals surface area contributed by atoms with Crippen molar-refractivity contribution < 1.29 is 27.4 Å². The maximum Gasteiger partial charge on any atom is 0.416 e. The highest BCUT2D eigenvalue weighted by molar-refractivity contribution is 5.41. The number of alkyl halides is 3. The fourth-order valence-electron chi connectivity index (χ4n) is 1.91. The predicted octanol–water partition coefficient (Wildman–Crippen LogP) is 2.93. The van der Waals surface area contributed by atoms with Gasteiger partial charge in [-0.2, -0.15) is 13.2 Å². The van der Waals surface area contributed by atoms with Gasteiger partial charge in [-0.15, -0.1) is 0 Å². The van der Waals surface area contributed by atoms with Crippen molar-refractivity contribution in [3.8, 4) is 5.75 Å². The number of methoxy groups -OCH3 is 1. The van der Waals surface area contributed by atoms with E-state index in [-0.39, 0.29) is 5.75 Å². The predicted molar refractivity (Wildman–Crippen MR) is 57.3 cm³/mol. The van der Waals surface area contributed by atoms with Crippen LogP contribution in [-0.2, 0) is 21.4 Å². The Morgan fingerprint density at radius 2 is 1.83 bits per heavy atom. The van der Waals surface area contributed by atoms with Gasteiger partial charge in [0, 0.05) is 0 Å². The van der Waals surface area contributed by atoms with Crippen molar-refractivity contribution in [3.63, 3.8) is 0 Å². The molecule has 0 N–H and O–H groups in total. The zero-order chi connectivity index (χ0) is 13.4. The Morgan fingerprint density at radius 1 is 1.22 bits per heavy atom. The molecule has 3 nitrogen and oxygen atoms in total. The van der Waals surface area contributed by atoms with Gasteiger partial charge in [-0.3, -0.25) is 0 Å². The molecule has 100 valence electrons. The monoisotopic (exact) mass is 262 g/mol. The maximum atomic E-state index is 12.6. The van der Waals surface area contributed by atoms with Crippen molar-refractivity contribution in [1.82, 2.24) is 0 Å². The Kier molecular flexibility index (Phi) is 3.25. The van der Waals surface area contributed by atoms with Crippen LogP contribution < -0.4 is 4.74 Å². The summed E-state index contributed by atoms with van der Waals surface area (Å²) in [5, 5.41) is 0. The third kappa shape index (κ3) is 2.30. The quantitative estimate of drug-likeness (QED) is 0.820. The molecule has 2 rings (SSSR count). The van der Waals surface area contributed by atoms with Crippen molar-refractivity contribution in [1.29, 1.82) is 0 Å². The van der Waals surface area contributed by atoms with E-state index in [1.54, 1.807) is 6.92 Å². The molecular weight excluding hydrogens is 249 g/mol. The molecule has 18 heavy (non-hydrogen) atoms. The molecule has 0 spiro atoms. The van der Waals surface area contributed by atoms with E-state index in [1.165, 1.54) is 13.2 Å². The standard InChI is InChI=1S/C12H13F3O3/c1-11(17-5-6-18-11)9-4-3-8(12(13,14)15)7-10(9)16-2/h3-4,7H,5-6H2,1-2H3. The lowest BCUT2D eigenvalue weighted by atomic mass is 10.0. The number of hydrogen-bond acceptors (Lipinski definition) is 3. The highest BCUT2D eigenvalue weighted by Gasteiger charge is 2.38. The molecule has 1 heterocycles. The van der Waals surface area contributed by atoms with Crippen molar-refractivity contribution in [2.24, 2.45) is 0 Å². The average molecular weight is 262 g/mol. The van der Waals surface area contributed by atoms with Gasteiger partial charge in [0.1, 0.15) is 5.75 Å². The summed E-state index contributed by atoms with van der Waals surface area (Å²) < 4.78 is 53.6. The third-order valence-corrected chi connectivity index (χ3v) is 2.86. The van der Waals surface area contributed by atoms with Crippen molar-refractivity contribution >= 4 is 0 Å². The smallest absolute Gasteiger partial charge is 0.416 e. The van der Waals surface area contributed by atoms with Crippen LogP contribution >= 0.6 is 0 Å². The highest BCUT2D eigenvalue weighted by atomic mass is 19.4. The molecule has 0 aliphatic carbocycles. The Bertz CT molecular complexity index is 437. The summed E-state index contributed by atoms with van der Waals surface area (Å²) in [5.41, 5.74) is -0.305. The molecule has 1 aromatic rings. The summed E-state index contributed by atoms with van der Waals surface area (Å²) in [6, 6.07) is 3.27. The van der Waals surface area contributed by atoms with Crippen LogP contribution in [0, 0.1) is 0 Å². The molecule has 6 heteroatoms. The number of ether oxygens (including phenoxy) is 3. The van der Waals surface area contributed by atoms with Gasteiger partial charge in [0.2, 0.25) is 0 Å². The minimum absolute atomic E-state index is 0.106. The molecule has 0 aromatic heterocycles. The van der Waals surface area contributed by atoms with Gasteiger partial charge in [0.05, 0.1) is 31.5 Å². The molecule has 0 radical (unpaired) electrons. The average Bonchev–Trinajstić information content (AvgIpc) is 2.75. The van der Waals surface area contributed by atoms with Gasteiger partial charge in [-0.1, -0.05) is 0 Å². The largest absolute Gasteiger partial charge is 0.496 e. The van der Waals surface area contributed by atoms with E-state index >= 15 is 0 Å². The Morgan fingerprint density at radius 3 is 2.33 bits per heavy atom. The summed E-state index contributed by atoms with van der Waals surface area (Å²) in [6.45, 7) is 2.46. The van der Waals surface area contributed by atoms with Crippen LogP contribution in [0.1, 0.15) is 18.1 Å². The zero-order valence-electron chi connectivity index (χ0n) is 10.0. The second-order valence-corrected chi connectivity index (χ2v) is 4.06. The second-order valence-electron chi connectivity index (χ2n) is 4.06. The summed E-state index contributed by atoms with van der Waals surface area (Å²) in [5.74, 6) is -0.940. The minimum Gasteiger partial charge on any atom is -0.496 e. The SMILES string of the molecule is COc1cc(C(F)(F)F)ccc1C1(C)OCCO1. The van der Waals surface area contributed by atoms with Crippen LogP contribution in [-0.4, -0.2) is 20.3 Å². The summed E-state index contributed by atoms with van der Waals surface area (Å²) >= 11 is 0. The first kappa shape index (κ1) is 13.2. The first-order valence-corrected chi connectivity index (χ1v) is 5.40. The van der Waals surface area contributed by atoms with Crippen LogP contribution in [0.25, 0.3) is 0 Å². The van der Waals surface area contributed by atoms with Crippen molar-refractivity contribution in [3.05, 3.63) is 29.3 Å². The molecule has 0 bridgehead atoms. The molecule has 1 saturated heterocycles. The second kappa shape index (κ2) is 4.44. The summed E-state index contributed by atoms with van der Waals surface area (Å²) in [4.78, 5) is 0. The van der Waals surface area contributed by atoms with Crippen LogP contribution in [0.2, 0.25) is 0 Å². The Labute approximate surface area is 102 Å². The lowest BCUT2D eigenvalue weighted by Crippen LogP contribution is -2.23. The Balaban J connectivity index is 2.43. The van der Waals surface area contributed by atoms with Gasteiger partial charge >= 0.3 is 6.18 Å². The van der Waals surface area contributed by atoms with Crippen molar-refractivity contribution in [2.45, 2.75) is 18.9 Å². The van der Waals surface area contributed by atoms with E-state index in [2.05, 4.69) is 0 Å². The minimum atomic E-state index is -4.40. The molecule has 0 amide bonds. The van der Waals surface area contributed by atoms with Crippen LogP contribution in [0.3, 0.4) is 0 Å². The van der Waals surface area contributed by atoms with E-state index in [0.29, 0.717) is 18.8 Å². The number of rotatable bonds is 2. The molecule has 1 aromatic carbocycles. The maximum absolute atomic E-state index is 12.6. The molecule has 1 aliphatic rings. The Hall–Kier alpha value is -1.27. The molecule has 0 atom stereocenters. The van der Waals surface area contributed by atoms with Crippen molar-refractivity contribution in [2.75, 3.05) is 20.3 Å². The van der Waals surface area contributed by atoms with E-state index in [9.17, 15) is 13.2 Å². The normalized spacial score (nSPS) is 18.9.